The highest BCUT2D eigenvalue weighted by atomic mass is 16.5. The van der Waals surface area contributed by atoms with Gasteiger partial charge in [-0.15, -0.1) is 0 Å². The van der Waals surface area contributed by atoms with Gasteiger partial charge in [0.1, 0.15) is 0 Å². The Hall–Kier alpha value is -1.89. The van der Waals surface area contributed by atoms with Crippen molar-refractivity contribution in [3.05, 3.63) is 17.0 Å². The molecule has 2 amide bonds. The smallest absolute Gasteiger partial charge is 0.315 e. The van der Waals surface area contributed by atoms with Gasteiger partial charge in [-0.2, -0.15) is 0 Å². The first-order valence-corrected chi connectivity index (χ1v) is 7.34. The molecule has 2 aliphatic heterocycles. The second-order valence-electron chi connectivity index (χ2n) is 5.67. The number of rotatable bonds is 2. The average molecular weight is 291 g/mol. The van der Waals surface area contributed by atoms with E-state index in [9.17, 15) is 4.79 Å². The van der Waals surface area contributed by atoms with Gasteiger partial charge >= 0.3 is 6.03 Å². The van der Waals surface area contributed by atoms with Crippen molar-refractivity contribution >= 4 is 12.0 Å². The van der Waals surface area contributed by atoms with Crippen LogP contribution in [0.25, 0.3) is 0 Å². The van der Waals surface area contributed by atoms with Crippen LogP contribution in [0.1, 0.15) is 42.8 Å². The molecule has 0 aliphatic carbocycles. The van der Waals surface area contributed by atoms with Crippen LogP contribution < -0.4 is 11.1 Å². The standard InChI is InChI=1S/C14H21N5O2/c1-8-12-9(2)19(13(15)20)7-11(12)18-14(16-8)17-10-3-5-21-6-4-10/h9-10H,3-7H2,1-2H3,(H2,15,20)(H,16,17,18). The number of carbonyl (C=O) groups is 1. The molecule has 0 radical (unpaired) electrons. The van der Waals surface area contributed by atoms with Gasteiger partial charge in [-0.1, -0.05) is 0 Å². The lowest BCUT2D eigenvalue weighted by Crippen LogP contribution is -2.33. The number of hydrogen-bond donors (Lipinski definition) is 2. The van der Waals surface area contributed by atoms with Crippen molar-refractivity contribution in [2.75, 3.05) is 18.5 Å². The Morgan fingerprint density at radius 1 is 1.38 bits per heavy atom. The molecule has 1 aromatic heterocycles. The summed E-state index contributed by atoms with van der Waals surface area (Å²) in [6, 6.07) is -0.129. The van der Waals surface area contributed by atoms with Crippen LogP contribution in [0.5, 0.6) is 0 Å². The molecule has 21 heavy (non-hydrogen) atoms. The minimum Gasteiger partial charge on any atom is -0.381 e. The maximum absolute atomic E-state index is 11.5. The Kier molecular flexibility index (Phi) is 3.67. The number of amides is 2. The van der Waals surface area contributed by atoms with Crippen molar-refractivity contribution in [2.45, 2.75) is 45.3 Å². The normalized spacial score (nSPS) is 22.2. The number of nitrogens with one attached hydrogen (secondary N) is 1. The summed E-state index contributed by atoms with van der Waals surface area (Å²) >= 11 is 0. The monoisotopic (exact) mass is 291 g/mol. The molecule has 1 aromatic rings. The maximum atomic E-state index is 11.5. The summed E-state index contributed by atoms with van der Waals surface area (Å²) in [5.41, 5.74) is 8.23. The number of nitrogens with zero attached hydrogens (tertiary/aromatic N) is 3. The number of aryl methyl sites for hydroxylation is 1. The number of hydrogen-bond acceptors (Lipinski definition) is 5. The first-order chi connectivity index (χ1) is 10.1. The first kappa shape index (κ1) is 14.1. The van der Waals surface area contributed by atoms with E-state index in [0.717, 1.165) is 43.0 Å². The highest BCUT2D eigenvalue weighted by molar-refractivity contribution is 5.73. The molecular weight excluding hydrogens is 270 g/mol. The van der Waals surface area contributed by atoms with Crippen molar-refractivity contribution in [1.29, 1.82) is 0 Å². The number of fused-ring (bicyclic) bond motifs is 1. The summed E-state index contributed by atoms with van der Waals surface area (Å²) in [6.07, 6.45) is 1.92. The Morgan fingerprint density at radius 2 is 2.10 bits per heavy atom. The molecule has 1 atom stereocenters. The van der Waals surface area contributed by atoms with E-state index in [2.05, 4.69) is 15.3 Å². The van der Waals surface area contributed by atoms with Crippen LogP contribution >= 0.6 is 0 Å². The predicted molar refractivity (Wildman–Crippen MR) is 77.8 cm³/mol. The summed E-state index contributed by atoms with van der Waals surface area (Å²) < 4.78 is 5.35. The number of urea groups is 1. The van der Waals surface area contributed by atoms with E-state index in [1.165, 1.54) is 0 Å². The van der Waals surface area contributed by atoms with Gasteiger partial charge in [-0.3, -0.25) is 0 Å². The third kappa shape index (κ3) is 2.65. The summed E-state index contributed by atoms with van der Waals surface area (Å²) in [6.45, 7) is 5.91. The molecule has 0 saturated carbocycles. The highest BCUT2D eigenvalue weighted by Gasteiger charge is 2.33. The van der Waals surface area contributed by atoms with Gasteiger partial charge in [0.15, 0.2) is 0 Å². The summed E-state index contributed by atoms with van der Waals surface area (Å²) in [4.78, 5) is 22.2. The number of carbonyl (C=O) groups excluding carboxylic acids is 1. The Labute approximate surface area is 123 Å². The minimum atomic E-state index is -0.418. The van der Waals surface area contributed by atoms with Crippen LogP contribution in [0.3, 0.4) is 0 Å². The lowest BCUT2D eigenvalue weighted by molar-refractivity contribution is 0.0903. The van der Waals surface area contributed by atoms with Crippen LogP contribution in [-0.2, 0) is 11.3 Å². The van der Waals surface area contributed by atoms with Crippen LogP contribution in [0.2, 0.25) is 0 Å². The summed E-state index contributed by atoms with van der Waals surface area (Å²) in [5, 5.41) is 3.37. The third-order valence-corrected chi connectivity index (χ3v) is 4.26. The number of nitrogens with two attached hydrogens (primary N) is 1. The van der Waals surface area contributed by atoms with Gasteiger partial charge in [-0.05, 0) is 26.7 Å². The summed E-state index contributed by atoms with van der Waals surface area (Å²) in [7, 11) is 0. The molecule has 0 bridgehead atoms. The molecule has 1 saturated heterocycles. The molecule has 1 fully saturated rings. The fraction of sp³-hybridized carbons (Fsp3) is 0.643. The van der Waals surface area contributed by atoms with Crippen molar-refractivity contribution in [2.24, 2.45) is 5.73 Å². The van der Waals surface area contributed by atoms with E-state index in [-0.39, 0.29) is 6.04 Å². The quantitative estimate of drug-likeness (QED) is 0.857. The minimum absolute atomic E-state index is 0.0605. The van der Waals surface area contributed by atoms with Crippen molar-refractivity contribution in [1.82, 2.24) is 14.9 Å². The SMILES string of the molecule is Cc1nc(NC2CCOCC2)nc2c1C(C)N(C(N)=O)C2. The van der Waals surface area contributed by atoms with E-state index in [1.54, 1.807) is 4.90 Å². The topological polar surface area (TPSA) is 93.4 Å². The molecule has 3 N–H and O–H groups in total. The fourth-order valence-corrected chi connectivity index (χ4v) is 3.12. The zero-order valence-corrected chi connectivity index (χ0v) is 12.4. The summed E-state index contributed by atoms with van der Waals surface area (Å²) in [5.74, 6) is 0.636. The highest BCUT2D eigenvalue weighted by Crippen LogP contribution is 2.34. The van der Waals surface area contributed by atoms with Crippen LogP contribution in [-0.4, -0.2) is 40.2 Å². The lowest BCUT2D eigenvalue weighted by atomic mass is 10.1. The molecular formula is C14H21N5O2. The molecule has 0 aromatic carbocycles. The molecule has 1 unspecified atom stereocenters. The second-order valence-corrected chi connectivity index (χ2v) is 5.67. The zero-order chi connectivity index (χ0) is 15.0. The number of aromatic nitrogens is 2. The van der Waals surface area contributed by atoms with Gasteiger partial charge in [-0.25, -0.2) is 14.8 Å². The third-order valence-electron chi connectivity index (χ3n) is 4.26. The molecule has 114 valence electrons. The molecule has 3 heterocycles. The van der Waals surface area contributed by atoms with Crippen LogP contribution in [0.4, 0.5) is 10.7 Å². The largest absolute Gasteiger partial charge is 0.381 e. The van der Waals surface area contributed by atoms with E-state index >= 15 is 0 Å². The van der Waals surface area contributed by atoms with E-state index < -0.39 is 6.03 Å². The molecule has 3 rings (SSSR count). The molecule has 2 aliphatic rings. The second kappa shape index (κ2) is 5.48. The zero-order valence-electron chi connectivity index (χ0n) is 12.4. The Balaban J connectivity index is 1.82. The Bertz CT molecular complexity index is 557. The maximum Gasteiger partial charge on any atom is 0.315 e. The van der Waals surface area contributed by atoms with Gasteiger partial charge in [0.25, 0.3) is 0 Å². The number of ether oxygens (including phenoxy) is 1. The fourth-order valence-electron chi connectivity index (χ4n) is 3.12. The van der Waals surface area contributed by atoms with E-state index in [0.29, 0.717) is 18.5 Å². The van der Waals surface area contributed by atoms with Crippen molar-refractivity contribution in [3.8, 4) is 0 Å². The molecule has 7 heteroatoms. The molecule has 0 spiro atoms. The first-order valence-electron chi connectivity index (χ1n) is 7.34. The predicted octanol–water partition coefficient (Wildman–Crippen LogP) is 1.33. The van der Waals surface area contributed by atoms with Crippen LogP contribution in [0, 0.1) is 6.92 Å². The van der Waals surface area contributed by atoms with Gasteiger partial charge in [0.05, 0.1) is 18.3 Å². The van der Waals surface area contributed by atoms with E-state index in [1.807, 2.05) is 13.8 Å². The van der Waals surface area contributed by atoms with Gasteiger partial charge in [0.2, 0.25) is 5.95 Å². The van der Waals surface area contributed by atoms with Gasteiger partial charge < -0.3 is 20.7 Å². The number of anilines is 1. The van der Waals surface area contributed by atoms with E-state index in [4.69, 9.17) is 10.5 Å². The average Bonchev–Trinajstić information content (AvgIpc) is 2.77. The molecule has 7 nitrogen and oxygen atoms in total. The van der Waals surface area contributed by atoms with Crippen molar-refractivity contribution < 1.29 is 9.53 Å². The number of primary amides is 1. The van der Waals surface area contributed by atoms with Crippen molar-refractivity contribution in [3.63, 3.8) is 0 Å². The van der Waals surface area contributed by atoms with Gasteiger partial charge in [0, 0.05) is 30.5 Å². The van der Waals surface area contributed by atoms with Crippen LogP contribution in [0.15, 0.2) is 0 Å². The Morgan fingerprint density at radius 3 is 2.76 bits per heavy atom. The lowest BCUT2D eigenvalue weighted by Gasteiger charge is -2.23.